The minimum Gasteiger partial charge on any atom is -0.111 e. The lowest BCUT2D eigenvalue weighted by atomic mass is 10.1. The summed E-state index contributed by atoms with van der Waals surface area (Å²) in [6, 6.07) is 0. The average molecular weight is 164 g/mol. The van der Waals surface area contributed by atoms with Gasteiger partial charge in [0.1, 0.15) is 0 Å². The van der Waals surface area contributed by atoms with Gasteiger partial charge in [0, 0.05) is 5.75 Å². The Morgan fingerprint density at radius 2 is 2.22 bits per heavy atom. The molecule has 0 aliphatic rings. The molecule has 56 valence electrons. The third kappa shape index (κ3) is 6.59. The maximum absolute atomic E-state index is 4.10. The Kier molecular flexibility index (Phi) is 7.34. The summed E-state index contributed by atoms with van der Waals surface area (Å²) >= 11 is 4.10. The van der Waals surface area contributed by atoms with Crippen molar-refractivity contribution < 1.29 is 0 Å². The van der Waals surface area contributed by atoms with Gasteiger partial charge in [-0.1, -0.05) is 37.5 Å². The average Bonchev–Trinajstić information content (AvgIpc) is 1.85. The molecule has 0 aromatic heterocycles. The van der Waals surface area contributed by atoms with Crippen LogP contribution in [0.2, 0.25) is 0 Å². The third-order valence-electron chi connectivity index (χ3n) is 1.41. The second kappa shape index (κ2) is 6.81. The van der Waals surface area contributed by atoms with Crippen molar-refractivity contribution in [3.8, 4) is 0 Å². The van der Waals surface area contributed by atoms with Gasteiger partial charge in [-0.2, -0.15) is 0 Å². The molecule has 0 aromatic carbocycles. The van der Waals surface area contributed by atoms with E-state index in [4.69, 9.17) is 0 Å². The van der Waals surface area contributed by atoms with Gasteiger partial charge in [0.25, 0.3) is 0 Å². The number of hydrogen-bond donors (Lipinski definition) is 1. The predicted octanol–water partition coefficient (Wildman–Crippen LogP) is 3.39. The molecule has 1 unspecified atom stereocenters. The van der Waals surface area contributed by atoms with Gasteiger partial charge in [-0.15, -0.1) is 11.7 Å². The van der Waals surface area contributed by atoms with Gasteiger partial charge in [-0.05, 0) is 12.3 Å². The number of thiol groups is 1. The summed E-state index contributed by atoms with van der Waals surface area (Å²) in [7, 11) is 1.65. The Labute approximate surface area is 67.6 Å². The zero-order chi connectivity index (χ0) is 7.11. The van der Waals surface area contributed by atoms with Crippen LogP contribution >= 0.6 is 22.5 Å². The zero-order valence-corrected chi connectivity index (χ0v) is 7.97. The van der Waals surface area contributed by atoms with E-state index in [0.717, 1.165) is 5.92 Å². The van der Waals surface area contributed by atoms with Crippen molar-refractivity contribution >= 4 is 22.5 Å². The van der Waals surface area contributed by atoms with Crippen LogP contribution in [-0.2, 0) is 0 Å². The summed E-state index contributed by atoms with van der Waals surface area (Å²) in [5, 5.41) is 0. The van der Waals surface area contributed by atoms with Crippen molar-refractivity contribution in [3.05, 3.63) is 0 Å². The lowest BCUT2D eigenvalue weighted by molar-refractivity contribution is 0.558. The molecular formula is C7H16S2. The van der Waals surface area contributed by atoms with Crippen LogP contribution in [0.4, 0.5) is 0 Å². The molecule has 9 heavy (non-hydrogen) atoms. The highest BCUT2D eigenvalue weighted by Gasteiger charge is 1.98. The van der Waals surface area contributed by atoms with Gasteiger partial charge in [0.15, 0.2) is 0 Å². The van der Waals surface area contributed by atoms with E-state index in [1.54, 1.807) is 10.8 Å². The molecule has 0 aliphatic heterocycles. The van der Waals surface area contributed by atoms with E-state index in [1.165, 1.54) is 25.0 Å². The van der Waals surface area contributed by atoms with Crippen LogP contribution in [0.5, 0.6) is 0 Å². The molecule has 0 rings (SSSR count). The second-order valence-corrected chi connectivity index (χ2v) is 3.91. The molecule has 0 spiro atoms. The molecule has 0 amide bonds. The fourth-order valence-corrected chi connectivity index (χ4v) is 1.95. The van der Waals surface area contributed by atoms with E-state index < -0.39 is 0 Å². The first-order chi connectivity index (χ1) is 4.31. The Bertz CT molecular complexity index is 54.9. The van der Waals surface area contributed by atoms with Crippen molar-refractivity contribution in [2.45, 2.75) is 33.1 Å². The number of rotatable bonds is 5. The predicted molar refractivity (Wildman–Crippen MR) is 50.1 cm³/mol. The molecule has 0 saturated heterocycles. The molecule has 0 N–H and O–H groups in total. The largest absolute Gasteiger partial charge is 0.111 e. The van der Waals surface area contributed by atoms with Gasteiger partial charge in [-0.25, -0.2) is 0 Å². The highest BCUT2D eigenvalue weighted by atomic mass is 33.1. The Balaban J connectivity index is 2.95. The van der Waals surface area contributed by atoms with E-state index in [0.29, 0.717) is 0 Å². The second-order valence-electron chi connectivity index (χ2n) is 2.54. The Morgan fingerprint density at radius 1 is 1.56 bits per heavy atom. The van der Waals surface area contributed by atoms with Crippen LogP contribution < -0.4 is 0 Å². The smallest absolute Gasteiger partial charge is 0.00602 e. The first-order valence-electron chi connectivity index (χ1n) is 3.57. The van der Waals surface area contributed by atoms with Gasteiger partial charge in [-0.3, -0.25) is 0 Å². The maximum Gasteiger partial charge on any atom is 0.00602 e. The van der Waals surface area contributed by atoms with Crippen LogP contribution in [-0.4, -0.2) is 5.75 Å². The molecule has 0 aromatic rings. The van der Waals surface area contributed by atoms with E-state index >= 15 is 0 Å². The topological polar surface area (TPSA) is 0 Å². The van der Waals surface area contributed by atoms with Gasteiger partial charge in [0.2, 0.25) is 0 Å². The van der Waals surface area contributed by atoms with E-state index in [9.17, 15) is 0 Å². The van der Waals surface area contributed by atoms with Gasteiger partial charge >= 0.3 is 0 Å². The van der Waals surface area contributed by atoms with Gasteiger partial charge < -0.3 is 0 Å². The van der Waals surface area contributed by atoms with Crippen molar-refractivity contribution in [2.75, 3.05) is 5.75 Å². The number of hydrogen-bond acceptors (Lipinski definition) is 2. The molecule has 2 heteroatoms. The fraction of sp³-hybridized carbons (Fsp3) is 1.00. The zero-order valence-electron chi connectivity index (χ0n) is 6.26. The van der Waals surface area contributed by atoms with Crippen LogP contribution in [0.15, 0.2) is 0 Å². The first-order valence-corrected chi connectivity index (χ1v) is 5.61. The quantitative estimate of drug-likeness (QED) is 0.480. The van der Waals surface area contributed by atoms with E-state index in [1.807, 2.05) is 0 Å². The Morgan fingerprint density at radius 3 is 2.67 bits per heavy atom. The van der Waals surface area contributed by atoms with Crippen molar-refractivity contribution in [3.63, 3.8) is 0 Å². The minimum atomic E-state index is 0.854. The first kappa shape index (κ1) is 9.70. The molecule has 0 radical (unpaired) electrons. The molecule has 1 atom stereocenters. The monoisotopic (exact) mass is 164 g/mol. The number of unbranched alkanes of at least 4 members (excludes halogenated alkanes) is 1. The summed E-state index contributed by atoms with van der Waals surface area (Å²) in [6.07, 6.45) is 4.06. The molecule has 0 fully saturated rings. The maximum atomic E-state index is 4.10. The molecule has 0 bridgehead atoms. The summed E-state index contributed by atoms with van der Waals surface area (Å²) in [6.45, 7) is 4.53. The van der Waals surface area contributed by atoms with E-state index in [2.05, 4.69) is 25.5 Å². The highest BCUT2D eigenvalue weighted by Crippen LogP contribution is 2.16. The van der Waals surface area contributed by atoms with Crippen molar-refractivity contribution in [1.29, 1.82) is 0 Å². The molecule has 0 saturated carbocycles. The van der Waals surface area contributed by atoms with E-state index in [-0.39, 0.29) is 0 Å². The minimum absolute atomic E-state index is 0.854. The molecular weight excluding hydrogens is 148 g/mol. The van der Waals surface area contributed by atoms with Crippen LogP contribution in [0.3, 0.4) is 0 Å². The summed E-state index contributed by atoms with van der Waals surface area (Å²) in [5.74, 6) is 2.05. The van der Waals surface area contributed by atoms with Crippen LogP contribution in [0, 0.1) is 5.92 Å². The summed E-state index contributed by atoms with van der Waals surface area (Å²) in [5.41, 5.74) is 0. The van der Waals surface area contributed by atoms with Crippen molar-refractivity contribution in [2.24, 2.45) is 5.92 Å². The summed E-state index contributed by atoms with van der Waals surface area (Å²) in [4.78, 5) is 0. The Hall–Kier alpha value is 0.700. The lowest BCUT2D eigenvalue weighted by Crippen LogP contribution is -1.95. The highest BCUT2D eigenvalue weighted by molar-refractivity contribution is 8.68. The fourth-order valence-electron chi connectivity index (χ4n) is 0.763. The van der Waals surface area contributed by atoms with Gasteiger partial charge in [0.05, 0.1) is 0 Å². The van der Waals surface area contributed by atoms with Crippen molar-refractivity contribution in [1.82, 2.24) is 0 Å². The molecule has 0 heterocycles. The normalized spacial score (nSPS) is 13.7. The van der Waals surface area contributed by atoms with Crippen LogP contribution in [0.1, 0.15) is 33.1 Å². The van der Waals surface area contributed by atoms with Crippen LogP contribution in [0.25, 0.3) is 0 Å². The SMILES string of the molecule is CCCCC(C)CSS. The third-order valence-corrected chi connectivity index (χ3v) is 2.57. The lowest BCUT2D eigenvalue weighted by Gasteiger charge is -2.06. The standard InChI is InChI=1S/C7H16S2/c1-3-4-5-7(2)6-9-8/h7-8H,3-6H2,1-2H3. The summed E-state index contributed by atoms with van der Waals surface area (Å²) < 4.78 is 0. The molecule has 0 nitrogen and oxygen atoms in total. The molecule has 0 aliphatic carbocycles.